The van der Waals surface area contributed by atoms with Crippen LogP contribution in [0.15, 0.2) is 18.2 Å². The first-order valence-corrected chi connectivity index (χ1v) is 6.48. The van der Waals surface area contributed by atoms with Crippen molar-refractivity contribution in [3.05, 3.63) is 29.0 Å². The second-order valence-electron chi connectivity index (χ2n) is 4.59. The number of piperidine rings is 1. The lowest BCUT2D eigenvalue weighted by atomic mass is 9.96. The minimum Gasteiger partial charge on any atom is -0.325 e. The Morgan fingerprint density at radius 2 is 2.39 bits per heavy atom. The van der Waals surface area contributed by atoms with Crippen LogP contribution in [-0.4, -0.2) is 19.0 Å². The van der Waals surface area contributed by atoms with Crippen molar-refractivity contribution >= 4 is 23.2 Å². The first-order valence-electron chi connectivity index (χ1n) is 6.11. The summed E-state index contributed by atoms with van der Waals surface area (Å²) in [5.41, 5.74) is 0.338. The quantitative estimate of drug-likeness (QED) is 0.887. The van der Waals surface area contributed by atoms with Crippen molar-refractivity contribution in [3.8, 4) is 0 Å². The number of amides is 1. The van der Waals surface area contributed by atoms with Gasteiger partial charge in [0.25, 0.3) is 0 Å². The molecule has 3 nitrogen and oxygen atoms in total. The largest absolute Gasteiger partial charge is 0.325 e. The van der Waals surface area contributed by atoms with E-state index in [0.717, 1.165) is 25.9 Å². The van der Waals surface area contributed by atoms with Crippen molar-refractivity contribution in [2.45, 2.75) is 19.3 Å². The van der Waals surface area contributed by atoms with E-state index in [2.05, 4.69) is 10.6 Å². The van der Waals surface area contributed by atoms with Crippen LogP contribution in [0.3, 0.4) is 0 Å². The highest BCUT2D eigenvalue weighted by Crippen LogP contribution is 2.23. The Morgan fingerprint density at radius 3 is 3.11 bits per heavy atom. The van der Waals surface area contributed by atoms with Gasteiger partial charge in [-0.3, -0.25) is 4.79 Å². The molecule has 0 radical (unpaired) electrons. The first-order chi connectivity index (χ1) is 8.65. The van der Waals surface area contributed by atoms with E-state index in [4.69, 9.17) is 11.6 Å². The molecular weight excluding hydrogens is 255 g/mol. The molecule has 1 saturated heterocycles. The zero-order valence-corrected chi connectivity index (χ0v) is 10.8. The van der Waals surface area contributed by atoms with Crippen LogP contribution in [0, 0.1) is 11.7 Å². The predicted octanol–water partition coefficient (Wildman–Crippen LogP) is 2.81. The Balaban J connectivity index is 1.92. The maximum atomic E-state index is 13.0. The maximum Gasteiger partial charge on any atom is 0.224 e. The normalized spacial score (nSPS) is 19.6. The van der Waals surface area contributed by atoms with Crippen LogP contribution in [0.5, 0.6) is 0 Å². The molecule has 0 bridgehead atoms. The zero-order chi connectivity index (χ0) is 13.0. The van der Waals surface area contributed by atoms with Crippen LogP contribution in [0.25, 0.3) is 0 Å². The highest BCUT2D eigenvalue weighted by molar-refractivity contribution is 6.33. The average molecular weight is 271 g/mol. The van der Waals surface area contributed by atoms with Crippen LogP contribution in [0.2, 0.25) is 5.02 Å². The molecule has 0 saturated carbocycles. The van der Waals surface area contributed by atoms with Crippen LogP contribution >= 0.6 is 11.6 Å². The number of benzene rings is 1. The molecule has 1 heterocycles. The third-order valence-corrected chi connectivity index (χ3v) is 3.41. The highest BCUT2D eigenvalue weighted by atomic mass is 35.5. The van der Waals surface area contributed by atoms with E-state index in [-0.39, 0.29) is 5.91 Å². The molecular formula is C13H16ClFN2O. The van der Waals surface area contributed by atoms with Gasteiger partial charge in [-0.15, -0.1) is 0 Å². The fourth-order valence-electron chi connectivity index (χ4n) is 2.15. The Hall–Kier alpha value is -1.13. The fraction of sp³-hybridized carbons (Fsp3) is 0.462. The Bertz CT molecular complexity index is 433. The molecule has 1 aliphatic rings. The number of carbonyl (C=O) groups excluding carboxylic acids is 1. The van der Waals surface area contributed by atoms with E-state index in [1.54, 1.807) is 0 Å². The Kier molecular flexibility index (Phi) is 4.55. The SMILES string of the molecule is O=C(CC1CCCNC1)Nc1cc(F)ccc1Cl. The second kappa shape index (κ2) is 6.16. The summed E-state index contributed by atoms with van der Waals surface area (Å²) >= 11 is 5.89. The summed E-state index contributed by atoms with van der Waals surface area (Å²) in [5, 5.41) is 6.27. The summed E-state index contributed by atoms with van der Waals surface area (Å²) in [5.74, 6) is -0.170. The summed E-state index contributed by atoms with van der Waals surface area (Å²) in [7, 11) is 0. The molecule has 1 unspecified atom stereocenters. The fourth-order valence-corrected chi connectivity index (χ4v) is 2.32. The molecule has 1 amide bonds. The zero-order valence-electron chi connectivity index (χ0n) is 10.0. The van der Waals surface area contributed by atoms with E-state index in [1.165, 1.54) is 18.2 Å². The van der Waals surface area contributed by atoms with Crippen LogP contribution in [0.1, 0.15) is 19.3 Å². The van der Waals surface area contributed by atoms with Crippen molar-refractivity contribution in [3.63, 3.8) is 0 Å². The predicted molar refractivity (Wildman–Crippen MR) is 70.3 cm³/mol. The lowest BCUT2D eigenvalue weighted by Crippen LogP contribution is -2.32. The second-order valence-corrected chi connectivity index (χ2v) is 5.00. The molecule has 98 valence electrons. The monoisotopic (exact) mass is 270 g/mol. The van der Waals surface area contributed by atoms with Crippen molar-refractivity contribution < 1.29 is 9.18 Å². The third kappa shape index (κ3) is 3.68. The van der Waals surface area contributed by atoms with E-state index in [9.17, 15) is 9.18 Å². The molecule has 0 aromatic heterocycles. The van der Waals surface area contributed by atoms with Gasteiger partial charge in [-0.1, -0.05) is 11.6 Å². The van der Waals surface area contributed by atoms with Gasteiger partial charge in [0.1, 0.15) is 5.82 Å². The Labute approximate surface area is 111 Å². The van der Waals surface area contributed by atoms with Gasteiger partial charge in [0.15, 0.2) is 0 Å². The minimum absolute atomic E-state index is 0.115. The summed E-state index contributed by atoms with van der Waals surface area (Å²) in [4.78, 5) is 11.8. The molecule has 0 spiro atoms. The lowest BCUT2D eigenvalue weighted by molar-refractivity contribution is -0.117. The number of carbonyl (C=O) groups is 1. The first kappa shape index (κ1) is 13.3. The Morgan fingerprint density at radius 1 is 1.56 bits per heavy atom. The third-order valence-electron chi connectivity index (χ3n) is 3.08. The van der Waals surface area contributed by atoms with Gasteiger partial charge in [0, 0.05) is 6.42 Å². The number of halogens is 2. The maximum absolute atomic E-state index is 13.0. The van der Waals surface area contributed by atoms with Gasteiger partial charge in [-0.25, -0.2) is 4.39 Å². The van der Waals surface area contributed by atoms with Gasteiger partial charge < -0.3 is 10.6 Å². The molecule has 5 heteroatoms. The van der Waals surface area contributed by atoms with E-state index < -0.39 is 5.82 Å². The summed E-state index contributed by atoms with van der Waals surface area (Å²) in [6.07, 6.45) is 2.59. The number of rotatable bonds is 3. The molecule has 1 aromatic carbocycles. The van der Waals surface area contributed by atoms with Crippen molar-refractivity contribution in [1.29, 1.82) is 0 Å². The smallest absolute Gasteiger partial charge is 0.224 e. The number of hydrogen-bond acceptors (Lipinski definition) is 2. The summed E-state index contributed by atoms with van der Waals surface area (Å²) in [6.45, 7) is 1.89. The molecule has 0 aliphatic carbocycles. The van der Waals surface area contributed by atoms with E-state index in [0.29, 0.717) is 23.0 Å². The minimum atomic E-state index is -0.408. The van der Waals surface area contributed by atoms with Gasteiger partial charge in [-0.2, -0.15) is 0 Å². The summed E-state index contributed by atoms with van der Waals surface area (Å²) < 4.78 is 13.0. The van der Waals surface area contributed by atoms with Crippen molar-refractivity contribution in [2.24, 2.45) is 5.92 Å². The molecule has 2 rings (SSSR count). The van der Waals surface area contributed by atoms with Gasteiger partial charge in [0.05, 0.1) is 10.7 Å². The molecule has 1 fully saturated rings. The van der Waals surface area contributed by atoms with Gasteiger partial charge >= 0.3 is 0 Å². The highest BCUT2D eigenvalue weighted by Gasteiger charge is 2.17. The molecule has 18 heavy (non-hydrogen) atoms. The molecule has 1 atom stereocenters. The lowest BCUT2D eigenvalue weighted by Gasteiger charge is -2.22. The number of hydrogen-bond donors (Lipinski definition) is 2. The van der Waals surface area contributed by atoms with Crippen molar-refractivity contribution in [2.75, 3.05) is 18.4 Å². The number of nitrogens with one attached hydrogen (secondary N) is 2. The molecule has 2 N–H and O–H groups in total. The van der Waals surface area contributed by atoms with Gasteiger partial charge in [0.2, 0.25) is 5.91 Å². The van der Waals surface area contributed by atoms with Gasteiger partial charge in [-0.05, 0) is 50.0 Å². The standard InChI is InChI=1S/C13H16ClFN2O/c14-11-4-3-10(15)7-12(11)17-13(18)6-9-2-1-5-16-8-9/h3-4,7,9,16H,1-2,5-6,8H2,(H,17,18). The average Bonchev–Trinajstić information content (AvgIpc) is 2.35. The molecule has 1 aromatic rings. The van der Waals surface area contributed by atoms with E-state index >= 15 is 0 Å². The summed E-state index contributed by atoms with van der Waals surface area (Å²) in [6, 6.07) is 3.94. The number of anilines is 1. The molecule has 1 aliphatic heterocycles. The van der Waals surface area contributed by atoms with Crippen LogP contribution in [-0.2, 0) is 4.79 Å². The van der Waals surface area contributed by atoms with Crippen LogP contribution < -0.4 is 10.6 Å². The van der Waals surface area contributed by atoms with E-state index in [1.807, 2.05) is 0 Å². The van der Waals surface area contributed by atoms with Crippen LogP contribution in [0.4, 0.5) is 10.1 Å². The topological polar surface area (TPSA) is 41.1 Å². The van der Waals surface area contributed by atoms with Crippen molar-refractivity contribution in [1.82, 2.24) is 5.32 Å².